The number of hydrogen-bond acceptors (Lipinski definition) is 4. The number of pyridine rings is 1. The molecule has 1 saturated heterocycles. The van der Waals surface area contributed by atoms with Gasteiger partial charge in [0.1, 0.15) is 5.82 Å². The monoisotopic (exact) mass is 253 g/mol. The maximum Gasteiger partial charge on any atom is 0.133 e. The number of nitrogens with one attached hydrogen (secondary N) is 1. The minimum absolute atomic E-state index is 0.283. The molecule has 1 aromatic heterocycles. The van der Waals surface area contributed by atoms with Gasteiger partial charge in [-0.25, -0.2) is 4.98 Å². The first-order valence-corrected chi connectivity index (χ1v) is 7.43. The Balaban J connectivity index is 2.22. The van der Waals surface area contributed by atoms with Crippen LogP contribution in [-0.2, 0) is 10.8 Å². The van der Waals surface area contributed by atoms with E-state index in [2.05, 4.69) is 28.2 Å². The van der Waals surface area contributed by atoms with Gasteiger partial charge in [0.2, 0.25) is 0 Å². The molecule has 0 radical (unpaired) electrons. The van der Waals surface area contributed by atoms with Gasteiger partial charge in [-0.15, -0.1) is 0 Å². The second-order valence-corrected chi connectivity index (χ2v) is 5.96. The fourth-order valence-electron chi connectivity index (χ4n) is 2.02. The summed E-state index contributed by atoms with van der Waals surface area (Å²) in [6, 6.07) is 4.36. The average molecular weight is 253 g/mol. The van der Waals surface area contributed by atoms with Crippen molar-refractivity contribution in [1.29, 1.82) is 0 Å². The van der Waals surface area contributed by atoms with E-state index in [1.807, 2.05) is 19.3 Å². The largest absolute Gasteiger partial charge is 0.355 e. The van der Waals surface area contributed by atoms with Gasteiger partial charge in [0.15, 0.2) is 0 Å². The van der Waals surface area contributed by atoms with Gasteiger partial charge in [-0.3, -0.25) is 4.21 Å². The van der Waals surface area contributed by atoms with Crippen LogP contribution in [-0.4, -0.2) is 40.8 Å². The second-order valence-electron chi connectivity index (χ2n) is 4.26. The molecule has 4 nitrogen and oxygen atoms in total. The third-order valence-electron chi connectivity index (χ3n) is 3.19. The molecule has 94 valence electrons. The summed E-state index contributed by atoms with van der Waals surface area (Å²) >= 11 is 0. The minimum atomic E-state index is -0.639. The number of hydrogen-bond donors (Lipinski definition) is 1. The van der Waals surface area contributed by atoms with Gasteiger partial charge in [0.25, 0.3) is 0 Å². The van der Waals surface area contributed by atoms with E-state index < -0.39 is 10.8 Å². The molecule has 0 bridgehead atoms. The van der Waals surface area contributed by atoms with Crippen LogP contribution in [0.2, 0.25) is 0 Å². The van der Waals surface area contributed by atoms with Crippen LogP contribution in [0, 0.1) is 0 Å². The van der Waals surface area contributed by atoms with Crippen LogP contribution in [0.4, 0.5) is 5.82 Å². The third-order valence-corrected chi connectivity index (χ3v) is 4.47. The van der Waals surface area contributed by atoms with Crippen molar-refractivity contribution in [3.8, 4) is 0 Å². The highest BCUT2D eigenvalue weighted by atomic mass is 32.2. The molecule has 1 aliphatic heterocycles. The lowest BCUT2D eigenvalue weighted by molar-refractivity contribution is 0.641. The second kappa shape index (κ2) is 5.60. The van der Waals surface area contributed by atoms with E-state index in [-0.39, 0.29) is 6.04 Å². The zero-order chi connectivity index (χ0) is 12.3. The maximum atomic E-state index is 11.4. The summed E-state index contributed by atoms with van der Waals surface area (Å²) < 4.78 is 11.4. The summed E-state index contributed by atoms with van der Waals surface area (Å²) in [6.07, 6.45) is 1.83. The Bertz CT molecular complexity index is 400. The van der Waals surface area contributed by atoms with Crippen molar-refractivity contribution in [2.24, 2.45) is 0 Å². The molecule has 0 aliphatic carbocycles. The van der Waals surface area contributed by atoms with Gasteiger partial charge in [-0.2, -0.15) is 0 Å². The zero-order valence-corrected chi connectivity index (χ0v) is 11.2. The van der Waals surface area contributed by atoms with E-state index in [4.69, 9.17) is 0 Å². The molecule has 5 heteroatoms. The molecule has 1 aliphatic rings. The van der Waals surface area contributed by atoms with Crippen LogP contribution in [0.3, 0.4) is 0 Å². The Kier molecular flexibility index (Phi) is 4.12. The summed E-state index contributed by atoms with van der Waals surface area (Å²) in [5, 5.41) is 3.24. The summed E-state index contributed by atoms with van der Waals surface area (Å²) in [7, 11) is 1.31. The third kappa shape index (κ3) is 2.84. The Morgan fingerprint density at radius 2 is 2.18 bits per heavy atom. The molecular formula is C12H19N3OS. The van der Waals surface area contributed by atoms with Gasteiger partial charge in [-0.1, -0.05) is 6.07 Å². The molecule has 0 spiro atoms. The first-order valence-electron chi connectivity index (χ1n) is 5.94. The van der Waals surface area contributed by atoms with Gasteiger partial charge in [0.05, 0.1) is 0 Å². The number of aromatic nitrogens is 1. The van der Waals surface area contributed by atoms with Crippen molar-refractivity contribution in [2.45, 2.75) is 13.0 Å². The molecule has 0 aromatic carbocycles. The highest BCUT2D eigenvalue weighted by Crippen LogP contribution is 2.24. The molecule has 1 atom stereocenters. The van der Waals surface area contributed by atoms with E-state index in [0.29, 0.717) is 0 Å². The van der Waals surface area contributed by atoms with E-state index in [1.54, 1.807) is 0 Å². The number of nitrogens with zero attached hydrogens (tertiary/aromatic N) is 2. The topological polar surface area (TPSA) is 45.2 Å². The fraction of sp³-hybridized carbons (Fsp3) is 0.583. The van der Waals surface area contributed by atoms with E-state index in [1.165, 1.54) is 5.56 Å². The van der Waals surface area contributed by atoms with Gasteiger partial charge >= 0.3 is 0 Å². The van der Waals surface area contributed by atoms with Crippen molar-refractivity contribution >= 4 is 16.6 Å². The van der Waals surface area contributed by atoms with Crippen LogP contribution >= 0.6 is 0 Å². The van der Waals surface area contributed by atoms with E-state index in [9.17, 15) is 4.21 Å². The predicted octanol–water partition coefficient (Wildman–Crippen LogP) is 0.931. The standard InChI is InChI=1S/C12H19N3OS/c1-10(13-2)11-4-3-5-14-12(11)15-6-8-17(16)9-7-15/h3-5,10,13H,6-9H2,1-2H3. The van der Waals surface area contributed by atoms with Crippen LogP contribution < -0.4 is 10.2 Å². The van der Waals surface area contributed by atoms with Gasteiger partial charge in [0, 0.05) is 53.2 Å². The number of anilines is 1. The van der Waals surface area contributed by atoms with E-state index in [0.717, 1.165) is 30.4 Å². The van der Waals surface area contributed by atoms with Crippen molar-refractivity contribution in [1.82, 2.24) is 10.3 Å². The van der Waals surface area contributed by atoms with Crippen molar-refractivity contribution in [3.63, 3.8) is 0 Å². The Morgan fingerprint density at radius 1 is 1.47 bits per heavy atom. The minimum Gasteiger partial charge on any atom is -0.355 e. The van der Waals surface area contributed by atoms with Gasteiger partial charge < -0.3 is 10.2 Å². The molecule has 1 aromatic rings. The van der Waals surface area contributed by atoms with Crippen LogP contribution in [0.15, 0.2) is 18.3 Å². The molecule has 2 rings (SSSR count). The number of rotatable bonds is 3. The van der Waals surface area contributed by atoms with Crippen molar-refractivity contribution < 1.29 is 4.21 Å². The van der Waals surface area contributed by atoms with Gasteiger partial charge in [-0.05, 0) is 20.0 Å². The zero-order valence-electron chi connectivity index (χ0n) is 10.3. The first kappa shape index (κ1) is 12.5. The summed E-state index contributed by atoms with van der Waals surface area (Å²) in [6.45, 7) is 3.81. The van der Waals surface area contributed by atoms with Crippen molar-refractivity contribution in [2.75, 3.05) is 36.5 Å². The predicted molar refractivity (Wildman–Crippen MR) is 71.8 cm³/mol. The normalized spacial score (nSPS) is 19.3. The molecule has 1 unspecified atom stereocenters. The quantitative estimate of drug-likeness (QED) is 0.870. The molecule has 0 amide bonds. The van der Waals surface area contributed by atoms with Crippen LogP contribution in [0.5, 0.6) is 0 Å². The van der Waals surface area contributed by atoms with Crippen molar-refractivity contribution in [3.05, 3.63) is 23.9 Å². The first-order chi connectivity index (χ1) is 8.22. The smallest absolute Gasteiger partial charge is 0.133 e. The van der Waals surface area contributed by atoms with Crippen LogP contribution in [0.25, 0.3) is 0 Å². The Labute approximate surface area is 105 Å². The maximum absolute atomic E-state index is 11.4. The lowest BCUT2D eigenvalue weighted by atomic mass is 10.1. The molecule has 0 saturated carbocycles. The SMILES string of the molecule is CNC(C)c1cccnc1N1CCS(=O)CC1. The van der Waals surface area contributed by atoms with Crippen LogP contribution in [0.1, 0.15) is 18.5 Å². The summed E-state index contributed by atoms with van der Waals surface area (Å²) in [5.74, 6) is 2.54. The Hall–Kier alpha value is -0.940. The molecule has 17 heavy (non-hydrogen) atoms. The highest BCUT2D eigenvalue weighted by molar-refractivity contribution is 7.85. The molecule has 1 N–H and O–H groups in total. The highest BCUT2D eigenvalue weighted by Gasteiger charge is 2.20. The fourth-order valence-corrected chi connectivity index (χ4v) is 3.07. The molecule has 1 fully saturated rings. The summed E-state index contributed by atoms with van der Waals surface area (Å²) in [4.78, 5) is 6.72. The van der Waals surface area contributed by atoms with E-state index >= 15 is 0 Å². The Morgan fingerprint density at radius 3 is 2.82 bits per heavy atom. The summed E-state index contributed by atoms with van der Waals surface area (Å²) in [5.41, 5.74) is 1.21. The lowest BCUT2D eigenvalue weighted by Crippen LogP contribution is -2.39. The average Bonchev–Trinajstić information content (AvgIpc) is 2.39. The lowest BCUT2D eigenvalue weighted by Gasteiger charge is -2.30. The molecule has 2 heterocycles. The molecular weight excluding hydrogens is 234 g/mol.